The van der Waals surface area contributed by atoms with Gasteiger partial charge in [0.25, 0.3) is 0 Å². The summed E-state index contributed by atoms with van der Waals surface area (Å²) in [5.74, 6) is 0.491. The Kier molecular flexibility index (Phi) is 3.29. The van der Waals surface area contributed by atoms with Gasteiger partial charge in [-0.15, -0.1) is 0 Å². The topological polar surface area (TPSA) is 40.5 Å². The fraction of sp³-hybridized carbons (Fsp3) is 0.143. The first-order valence-electron chi connectivity index (χ1n) is 5.33. The maximum Gasteiger partial charge on any atom is 0.129 e. The minimum Gasteiger partial charge on any atom is -0.507 e. The predicted molar refractivity (Wildman–Crippen MR) is 69.8 cm³/mol. The molecular weight excluding hydrogens is 232 g/mol. The van der Waals surface area contributed by atoms with Gasteiger partial charge in [0, 0.05) is 0 Å². The molecule has 0 aliphatic heterocycles. The minimum absolute atomic E-state index is 0.245. The maximum atomic E-state index is 9.80. The standard InChI is InChI=1S/C14H14O2S/c1-9-3-5-13(11(15)7-9)17-14-6-4-10(2)8-12(14)16/h3-8,15-16H,1-2H3. The summed E-state index contributed by atoms with van der Waals surface area (Å²) in [6.07, 6.45) is 0. The fourth-order valence-electron chi connectivity index (χ4n) is 1.55. The average Bonchev–Trinajstić information content (AvgIpc) is 2.25. The smallest absolute Gasteiger partial charge is 0.129 e. The van der Waals surface area contributed by atoms with Crippen LogP contribution in [0.5, 0.6) is 11.5 Å². The van der Waals surface area contributed by atoms with E-state index in [4.69, 9.17) is 0 Å². The summed E-state index contributed by atoms with van der Waals surface area (Å²) in [6.45, 7) is 3.86. The third kappa shape index (κ3) is 2.74. The molecule has 0 amide bonds. The van der Waals surface area contributed by atoms with E-state index in [-0.39, 0.29) is 11.5 Å². The van der Waals surface area contributed by atoms with Crippen LogP contribution < -0.4 is 0 Å². The second-order valence-corrected chi connectivity index (χ2v) is 5.13. The number of phenols is 2. The highest BCUT2D eigenvalue weighted by molar-refractivity contribution is 7.99. The summed E-state index contributed by atoms with van der Waals surface area (Å²) in [7, 11) is 0. The SMILES string of the molecule is Cc1ccc(Sc2ccc(C)cc2O)c(O)c1. The van der Waals surface area contributed by atoms with Gasteiger partial charge in [-0.2, -0.15) is 0 Å². The fourth-order valence-corrected chi connectivity index (χ4v) is 2.38. The van der Waals surface area contributed by atoms with Crippen molar-refractivity contribution in [2.45, 2.75) is 23.6 Å². The first-order chi connectivity index (χ1) is 8.06. The summed E-state index contributed by atoms with van der Waals surface area (Å²) < 4.78 is 0. The minimum atomic E-state index is 0.245. The largest absolute Gasteiger partial charge is 0.507 e. The third-order valence-corrected chi connectivity index (χ3v) is 3.58. The van der Waals surface area contributed by atoms with E-state index in [0.717, 1.165) is 20.9 Å². The summed E-state index contributed by atoms with van der Waals surface area (Å²) in [4.78, 5) is 1.49. The van der Waals surface area contributed by atoms with Crippen LogP contribution in [0.4, 0.5) is 0 Å². The van der Waals surface area contributed by atoms with Crippen LogP contribution in [0, 0.1) is 13.8 Å². The molecule has 0 radical (unpaired) electrons. The quantitative estimate of drug-likeness (QED) is 0.845. The molecule has 0 atom stereocenters. The molecule has 2 aromatic rings. The zero-order valence-electron chi connectivity index (χ0n) is 9.77. The van der Waals surface area contributed by atoms with Gasteiger partial charge in [-0.25, -0.2) is 0 Å². The summed E-state index contributed by atoms with van der Waals surface area (Å²) in [5.41, 5.74) is 2.03. The zero-order chi connectivity index (χ0) is 12.4. The summed E-state index contributed by atoms with van der Waals surface area (Å²) >= 11 is 1.36. The Labute approximate surface area is 105 Å². The van der Waals surface area contributed by atoms with Gasteiger partial charge in [-0.1, -0.05) is 23.9 Å². The van der Waals surface area contributed by atoms with Gasteiger partial charge in [0.1, 0.15) is 11.5 Å². The van der Waals surface area contributed by atoms with Gasteiger partial charge in [-0.3, -0.25) is 0 Å². The van der Waals surface area contributed by atoms with Crippen LogP contribution in [0.15, 0.2) is 46.2 Å². The molecular formula is C14H14O2S. The van der Waals surface area contributed by atoms with E-state index in [1.165, 1.54) is 11.8 Å². The van der Waals surface area contributed by atoms with Gasteiger partial charge in [0.15, 0.2) is 0 Å². The molecule has 88 valence electrons. The lowest BCUT2D eigenvalue weighted by Crippen LogP contribution is -1.80. The lowest BCUT2D eigenvalue weighted by Gasteiger charge is -2.07. The highest BCUT2D eigenvalue weighted by atomic mass is 32.2. The Balaban J connectivity index is 2.31. The van der Waals surface area contributed by atoms with E-state index in [0.29, 0.717) is 0 Å². The highest BCUT2D eigenvalue weighted by Crippen LogP contribution is 2.39. The van der Waals surface area contributed by atoms with Gasteiger partial charge in [0.2, 0.25) is 0 Å². The van der Waals surface area contributed by atoms with E-state index in [2.05, 4.69) is 0 Å². The van der Waals surface area contributed by atoms with Crippen LogP contribution in [0.25, 0.3) is 0 Å². The van der Waals surface area contributed by atoms with Crippen LogP contribution in [0.1, 0.15) is 11.1 Å². The third-order valence-electron chi connectivity index (χ3n) is 2.45. The molecule has 2 N–H and O–H groups in total. The molecule has 17 heavy (non-hydrogen) atoms. The molecule has 3 heteroatoms. The van der Waals surface area contributed by atoms with Gasteiger partial charge >= 0.3 is 0 Å². The van der Waals surface area contributed by atoms with Crippen molar-refractivity contribution < 1.29 is 10.2 Å². The van der Waals surface area contributed by atoms with Crippen molar-refractivity contribution in [3.63, 3.8) is 0 Å². The number of hydrogen-bond donors (Lipinski definition) is 2. The van der Waals surface area contributed by atoms with Crippen molar-refractivity contribution in [2.24, 2.45) is 0 Å². The Morgan fingerprint density at radius 1 is 0.765 bits per heavy atom. The molecule has 2 rings (SSSR count). The number of aryl methyl sites for hydroxylation is 2. The van der Waals surface area contributed by atoms with Crippen LogP contribution in [-0.4, -0.2) is 10.2 Å². The molecule has 0 saturated heterocycles. The molecule has 0 unspecified atom stereocenters. The number of hydrogen-bond acceptors (Lipinski definition) is 3. The lowest BCUT2D eigenvalue weighted by molar-refractivity contribution is 0.459. The Hall–Kier alpha value is -1.61. The molecule has 0 aliphatic carbocycles. The van der Waals surface area contributed by atoms with Crippen molar-refractivity contribution >= 4 is 11.8 Å². The van der Waals surface area contributed by atoms with Gasteiger partial charge in [-0.05, 0) is 49.2 Å². The molecule has 2 nitrogen and oxygen atoms in total. The summed E-state index contributed by atoms with van der Waals surface area (Å²) in [6, 6.07) is 11.0. The van der Waals surface area contributed by atoms with E-state index < -0.39 is 0 Å². The van der Waals surface area contributed by atoms with E-state index in [1.807, 2.05) is 38.1 Å². The molecule has 0 bridgehead atoms. The molecule has 0 fully saturated rings. The lowest BCUT2D eigenvalue weighted by atomic mass is 10.2. The first kappa shape index (κ1) is 11.9. The maximum absolute atomic E-state index is 9.80. The number of benzene rings is 2. The second kappa shape index (κ2) is 4.72. The van der Waals surface area contributed by atoms with Crippen LogP contribution in [0.2, 0.25) is 0 Å². The van der Waals surface area contributed by atoms with E-state index in [1.54, 1.807) is 12.1 Å². The van der Waals surface area contributed by atoms with Crippen molar-refractivity contribution in [1.82, 2.24) is 0 Å². The Morgan fingerprint density at radius 2 is 1.18 bits per heavy atom. The van der Waals surface area contributed by atoms with Crippen molar-refractivity contribution in [1.29, 1.82) is 0 Å². The Bertz CT molecular complexity index is 500. The summed E-state index contributed by atoms with van der Waals surface area (Å²) in [5, 5.41) is 19.6. The molecule has 2 aromatic carbocycles. The monoisotopic (exact) mass is 246 g/mol. The molecule has 0 aromatic heterocycles. The molecule has 0 spiro atoms. The van der Waals surface area contributed by atoms with Crippen LogP contribution >= 0.6 is 11.8 Å². The van der Waals surface area contributed by atoms with E-state index in [9.17, 15) is 10.2 Å². The highest BCUT2D eigenvalue weighted by Gasteiger charge is 2.07. The number of aromatic hydroxyl groups is 2. The van der Waals surface area contributed by atoms with E-state index >= 15 is 0 Å². The number of phenolic OH excluding ortho intramolecular Hbond substituents is 2. The van der Waals surface area contributed by atoms with Crippen molar-refractivity contribution in [3.8, 4) is 11.5 Å². The van der Waals surface area contributed by atoms with Gasteiger partial charge in [0.05, 0.1) is 9.79 Å². The van der Waals surface area contributed by atoms with Crippen LogP contribution in [-0.2, 0) is 0 Å². The zero-order valence-corrected chi connectivity index (χ0v) is 10.6. The predicted octanol–water partition coefficient (Wildman–Crippen LogP) is 3.87. The normalized spacial score (nSPS) is 10.5. The van der Waals surface area contributed by atoms with Crippen molar-refractivity contribution in [2.75, 3.05) is 0 Å². The molecule has 0 heterocycles. The second-order valence-electron chi connectivity index (χ2n) is 4.04. The first-order valence-corrected chi connectivity index (χ1v) is 6.15. The Morgan fingerprint density at radius 3 is 1.53 bits per heavy atom. The van der Waals surface area contributed by atoms with Gasteiger partial charge < -0.3 is 10.2 Å². The average molecular weight is 246 g/mol. The van der Waals surface area contributed by atoms with Crippen LogP contribution in [0.3, 0.4) is 0 Å². The number of rotatable bonds is 2. The molecule has 0 saturated carbocycles. The van der Waals surface area contributed by atoms with Crippen molar-refractivity contribution in [3.05, 3.63) is 47.5 Å². The molecule has 0 aliphatic rings.